The van der Waals surface area contributed by atoms with E-state index in [1.807, 2.05) is 72.3 Å². The molecule has 12 heteroatoms. The molecule has 3 aromatic carbocycles. The molecule has 0 N–H and O–H groups in total. The van der Waals surface area contributed by atoms with Crippen LogP contribution in [0.15, 0.2) is 83.5 Å². The number of likely N-dealkylation sites (tertiary alicyclic amines) is 1. The molecule has 280 valence electrons. The Morgan fingerprint density at radius 3 is 2.32 bits per heavy atom. The van der Waals surface area contributed by atoms with Crippen LogP contribution in [0.1, 0.15) is 57.5 Å². The third-order valence-electron chi connectivity index (χ3n) is 10.0. The second kappa shape index (κ2) is 17.8. The summed E-state index contributed by atoms with van der Waals surface area (Å²) < 4.78 is 29.7. The molecule has 1 aliphatic heterocycles. The first kappa shape index (κ1) is 37.9. The number of amides is 1. The number of benzene rings is 3. The van der Waals surface area contributed by atoms with Crippen molar-refractivity contribution >= 4 is 34.3 Å². The van der Waals surface area contributed by atoms with Crippen molar-refractivity contribution in [2.45, 2.75) is 38.3 Å². The van der Waals surface area contributed by atoms with Gasteiger partial charge in [0.1, 0.15) is 12.4 Å². The van der Waals surface area contributed by atoms with Crippen LogP contribution in [0.5, 0.6) is 17.2 Å². The number of imidazole rings is 1. The lowest BCUT2D eigenvalue weighted by Crippen LogP contribution is -2.39. The number of Topliss-reactive ketones (excluding diaryl/α,β-unsaturated/α-hetero) is 1. The van der Waals surface area contributed by atoms with Gasteiger partial charge in [0, 0.05) is 42.6 Å². The number of ketones is 1. The number of furan rings is 1. The Kier molecular flexibility index (Phi) is 12.7. The van der Waals surface area contributed by atoms with Gasteiger partial charge in [-0.2, -0.15) is 0 Å². The van der Waals surface area contributed by atoms with Gasteiger partial charge in [-0.3, -0.25) is 9.59 Å². The molecule has 3 heterocycles. The van der Waals surface area contributed by atoms with E-state index in [0.717, 1.165) is 61.3 Å². The first-order valence-electron chi connectivity index (χ1n) is 17.9. The zero-order valence-corrected chi connectivity index (χ0v) is 31.5. The molecule has 1 aliphatic rings. The van der Waals surface area contributed by atoms with Crippen molar-refractivity contribution in [2.24, 2.45) is 5.92 Å². The van der Waals surface area contributed by atoms with Crippen molar-refractivity contribution in [2.75, 3.05) is 61.2 Å². The maximum atomic E-state index is 14.0. The Labute approximate surface area is 315 Å². The predicted octanol–water partition coefficient (Wildman–Crippen LogP) is 7.37. The summed E-state index contributed by atoms with van der Waals surface area (Å²) in [4.78, 5) is 36.6. The quantitative estimate of drug-likeness (QED) is 0.0713. The molecule has 2 aromatic heterocycles. The molecule has 11 nitrogen and oxygen atoms in total. The number of piperidine rings is 1. The highest BCUT2D eigenvalue weighted by molar-refractivity contribution is 6.30. The molecule has 1 atom stereocenters. The van der Waals surface area contributed by atoms with Crippen molar-refractivity contribution in [3.8, 4) is 17.2 Å². The molecule has 6 rings (SSSR count). The van der Waals surface area contributed by atoms with Crippen molar-refractivity contribution in [1.29, 1.82) is 0 Å². The van der Waals surface area contributed by atoms with Gasteiger partial charge < -0.3 is 37.7 Å². The molecule has 1 fully saturated rings. The summed E-state index contributed by atoms with van der Waals surface area (Å²) in [6.45, 7) is 4.24. The molecule has 5 aromatic rings. The highest BCUT2D eigenvalue weighted by atomic mass is 35.5. The van der Waals surface area contributed by atoms with Crippen LogP contribution in [0.25, 0.3) is 11.0 Å². The SMILES string of the molecule is COc1cc(C(=O)N(C)CC(CCN2CCC(C(=O)c3nc4ccccc4n3CCOCc3ccco3)CC2)c2ccc(Cl)cc2)cc(OC)c1OC. The van der Waals surface area contributed by atoms with Crippen LogP contribution in [0.3, 0.4) is 0 Å². The molecular weight excluding hydrogens is 696 g/mol. The summed E-state index contributed by atoms with van der Waals surface area (Å²) >= 11 is 6.25. The second-order valence-corrected chi connectivity index (χ2v) is 13.8. The Morgan fingerprint density at radius 2 is 1.66 bits per heavy atom. The second-order valence-electron chi connectivity index (χ2n) is 13.3. The number of hydrogen-bond acceptors (Lipinski definition) is 9. The molecule has 0 aliphatic carbocycles. The van der Waals surface area contributed by atoms with E-state index in [1.165, 1.54) is 21.3 Å². The van der Waals surface area contributed by atoms with Gasteiger partial charge in [-0.15, -0.1) is 0 Å². The molecule has 0 saturated carbocycles. The molecule has 1 saturated heterocycles. The van der Waals surface area contributed by atoms with Gasteiger partial charge in [-0.25, -0.2) is 4.98 Å². The first-order chi connectivity index (χ1) is 25.8. The largest absolute Gasteiger partial charge is 0.493 e. The number of carbonyl (C=O) groups excluding carboxylic acids is 2. The fourth-order valence-electron chi connectivity index (χ4n) is 7.09. The zero-order valence-electron chi connectivity index (χ0n) is 30.8. The number of aromatic nitrogens is 2. The highest BCUT2D eigenvalue weighted by Crippen LogP contribution is 2.38. The number of nitrogens with zero attached hydrogens (tertiary/aromatic N) is 4. The molecule has 1 amide bonds. The molecule has 0 radical (unpaired) electrons. The van der Waals surface area contributed by atoms with Crippen LogP contribution in [-0.4, -0.2) is 92.2 Å². The summed E-state index contributed by atoms with van der Waals surface area (Å²) in [6, 6.07) is 22.8. The first-order valence-corrected chi connectivity index (χ1v) is 18.3. The van der Waals surface area contributed by atoms with Gasteiger partial charge in [0.05, 0.1) is 45.2 Å². The van der Waals surface area contributed by atoms with Crippen LogP contribution in [0, 0.1) is 5.92 Å². The lowest BCUT2D eigenvalue weighted by molar-refractivity contribution is 0.0778. The lowest BCUT2D eigenvalue weighted by atomic mass is 9.90. The Morgan fingerprint density at radius 1 is 0.943 bits per heavy atom. The van der Waals surface area contributed by atoms with E-state index in [0.29, 0.717) is 60.0 Å². The predicted molar refractivity (Wildman–Crippen MR) is 203 cm³/mol. The van der Waals surface area contributed by atoms with E-state index >= 15 is 0 Å². The van der Waals surface area contributed by atoms with Gasteiger partial charge in [0.25, 0.3) is 5.91 Å². The van der Waals surface area contributed by atoms with Gasteiger partial charge in [0.2, 0.25) is 11.5 Å². The molecular formula is C41H47ClN4O7. The third kappa shape index (κ3) is 9.04. The van der Waals surface area contributed by atoms with Gasteiger partial charge in [0.15, 0.2) is 17.3 Å². The summed E-state index contributed by atoms with van der Waals surface area (Å²) in [5.41, 5.74) is 3.28. The fraction of sp³-hybridized carbons (Fsp3) is 0.390. The van der Waals surface area contributed by atoms with E-state index in [-0.39, 0.29) is 23.5 Å². The normalized spacial score (nSPS) is 14.3. The number of methoxy groups -OCH3 is 3. The smallest absolute Gasteiger partial charge is 0.253 e. The number of fused-ring (bicyclic) bond motifs is 1. The van der Waals surface area contributed by atoms with E-state index in [2.05, 4.69) is 4.90 Å². The minimum atomic E-state index is -0.155. The number of hydrogen-bond donors (Lipinski definition) is 0. The van der Waals surface area contributed by atoms with Gasteiger partial charge in [-0.05, 0) is 93.0 Å². The number of para-hydroxylation sites is 2. The average molecular weight is 743 g/mol. The number of rotatable bonds is 17. The molecule has 53 heavy (non-hydrogen) atoms. The Balaban J connectivity index is 1.08. The summed E-state index contributed by atoms with van der Waals surface area (Å²) in [7, 11) is 6.40. The van der Waals surface area contributed by atoms with Crippen LogP contribution >= 0.6 is 11.6 Å². The monoisotopic (exact) mass is 742 g/mol. The number of halogens is 1. The summed E-state index contributed by atoms with van der Waals surface area (Å²) in [6.07, 6.45) is 3.95. The standard InChI is InChI=1S/C41H47ClN4O7/c1-44(41(48)31-24-36(49-2)39(51-4)37(25-31)50-3)26-30(28-11-13-32(42)14-12-28)17-20-45-18-15-29(16-19-45)38(47)40-43-34-9-5-6-10-35(34)46(40)21-23-52-27-33-8-7-22-53-33/h5-14,22,24-25,29-30H,15-21,23,26-27H2,1-4H3. The van der Waals surface area contributed by atoms with Crippen molar-refractivity contribution in [3.63, 3.8) is 0 Å². The minimum absolute atomic E-state index is 0.0533. The van der Waals surface area contributed by atoms with E-state index in [1.54, 1.807) is 23.3 Å². The fourth-order valence-corrected chi connectivity index (χ4v) is 7.22. The van der Waals surface area contributed by atoms with E-state index in [4.69, 9.17) is 39.9 Å². The number of likely N-dealkylation sites (N-methyl/N-ethyl adjacent to an activating group) is 1. The van der Waals surface area contributed by atoms with Crippen LogP contribution in [-0.2, 0) is 17.9 Å². The number of carbonyl (C=O) groups is 2. The maximum absolute atomic E-state index is 14.0. The molecule has 0 bridgehead atoms. The Hall–Kier alpha value is -4.84. The van der Waals surface area contributed by atoms with Crippen molar-refractivity contribution in [3.05, 3.63) is 107 Å². The number of ether oxygens (including phenoxy) is 4. The van der Waals surface area contributed by atoms with Crippen LogP contribution in [0.4, 0.5) is 0 Å². The zero-order chi connectivity index (χ0) is 37.3. The maximum Gasteiger partial charge on any atom is 0.253 e. The summed E-state index contributed by atoms with van der Waals surface area (Å²) in [5.74, 6) is 2.41. The molecule has 0 spiro atoms. The average Bonchev–Trinajstić information content (AvgIpc) is 3.85. The van der Waals surface area contributed by atoms with Crippen LogP contribution < -0.4 is 14.2 Å². The third-order valence-corrected chi connectivity index (χ3v) is 10.3. The van der Waals surface area contributed by atoms with Crippen molar-refractivity contribution < 1.29 is 33.0 Å². The van der Waals surface area contributed by atoms with Crippen LogP contribution in [0.2, 0.25) is 5.02 Å². The van der Waals surface area contributed by atoms with E-state index in [9.17, 15) is 9.59 Å². The van der Waals surface area contributed by atoms with Gasteiger partial charge in [-0.1, -0.05) is 35.9 Å². The minimum Gasteiger partial charge on any atom is -0.493 e. The topological polar surface area (TPSA) is 109 Å². The Bertz CT molecular complexity index is 1950. The van der Waals surface area contributed by atoms with Crippen molar-refractivity contribution in [1.82, 2.24) is 19.4 Å². The summed E-state index contributed by atoms with van der Waals surface area (Å²) in [5, 5.41) is 0.663. The van der Waals surface area contributed by atoms with E-state index < -0.39 is 0 Å². The highest BCUT2D eigenvalue weighted by Gasteiger charge is 2.30. The lowest BCUT2D eigenvalue weighted by Gasteiger charge is -2.33. The molecule has 1 unspecified atom stereocenters. The van der Waals surface area contributed by atoms with Gasteiger partial charge >= 0.3 is 0 Å².